The molecule has 7 nitrogen and oxygen atoms in total. The molecule has 1 aromatic rings. The van der Waals surface area contributed by atoms with Gasteiger partial charge in [0.1, 0.15) is 10.7 Å². The van der Waals surface area contributed by atoms with Gasteiger partial charge in [-0.3, -0.25) is 4.79 Å². The van der Waals surface area contributed by atoms with E-state index in [0.717, 1.165) is 48.5 Å². The molecule has 0 atom stereocenters. The molecule has 3 rings (SSSR count). The van der Waals surface area contributed by atoms with Gasteiger partial charge in [-0.2, -0.15) is 4.31 Å². The number of amides is 1. The lowest BCUT2D eigenvalue weighted by Gasteiger charge is -2.36. The number of carbonyl (C=O) groups excluding carboxylic acids is 1. The van der Waals surface area contributed by atoms with Gasteiger partial charge in [0.05, 0.1) is 5.56 Å². The lowest BCUT2D eigenvalue weighted by molar-refractivity contribution is -0.137. The van der Waals surface area contributed by atoms with Crippen molar-refractivity contribution in [3.05, 3.63) is 29.6 Å². The summed E-state index contributed by atoms with van der Waals surface area (Å²) >= 11 is 0. The minimum atomic E-state index is -4.08. The van der Waals surface area contributed by atoms with Gasteiger partial charge < -0.3 is 10.0 Å². The minimum absolute atomic E-state index is 0.0305. The molecule has 27 heavy (non-hydrogen) atoms. The predicted molar refractivity (Wildman–Crippen MR) is 95.3 cm³/mol. The highest BCUT2D eigenvalue weighted by atomic mass is 32.2. The molecule has 1 aromatic carbocycles. The summed E-state index contributed by atoms with van der Waals surface area (Å²) in [6.07, 6.45) is 5.03. The Balaban J connectivity index is 1.68. The number of carboxylic acid groups (broad SMARTS) is 1. The molecule has 0 bridgehead atoms. The average Bonchev–Trinajstić information content (AvgIpc) is 2.68. The van der Waals surface area contributed by atoms with Crippen LogP contribution >= 0.6 is 0 Å². The Morgan fingerprint density at radius 1 is 1.04 bits per heavy atom. The topological polar surface area (TPSA) is 95.0 Å². The predicted octanol–water partition coefficient (Wildman–Crippen LogP) is 1.94. The molecule has 1 heterocycles. The maximum Gasteiger partial charge on any atom is 0.335 e. The summed E-state index contributed by atoms with van der Waals surface area (Å²) in [5.74, 6) is -2.30. The van der Waals surface area contributed by atoms with Crippen molar-refractivity contribution in [3.8, 4) is 0 Å². The lowest BCUT2D eigenvalue weighted by atomic mass is 9.88. The number of hydrogen-bond donors (Lipinski definition) is 1. The van der Waals surface area contributed by atoms with E-state index in [2.05, 4.69) is 0 Å². The fourth-order valence-electron chi connectivity index (χ4n) is 3.74. The van der Waals surface area contributed by atoms with Gasteiger partial charge in [-0.05, 0) is 31.0 Å². The molecule has 0 unspecified atom stereocenters. The quantitative estimate of drug-likeness (QED) is 0.836. The second kappa shape index (κ2) is 7.93. The number of carbonyl (C=O) groups is 2. The third-order valence-electron chi connectivity index (χ3n) is 5.30. The molecule has 1 N–H and O–H groups in total. The maximum absolute atomic E-state index is 14.2. The first-order chi connectivity index (χ1) is 12.8. The van der Waals surface area contributed by atoms with Crippen molar-refractivity contribution < 1.29 is 27.5 Å². The number of hydrogen-bond acceptors (Lipinski definition) is 4. The zero-order chi connectivity index (χ0) is 19.6. The molecule has 0 aromatic heterocycles. The van der Waals surface area contributed by atoms with Crippen LogP contribution in [-0.2, 0) is 14.8 Å². The van der Waals surface area contributed by atoms with Gasteiger partial charge in [-0.25, -0.2) is 17.6 Å². The summed E-state index contributed by atoms with van der Waals surface area (Å²) in [5, 5.41) is 8.88. The number of piperazine rings is 1. The molecule has 0 radical (unpaired) electrons. The number of rotatable bonds is 4. The maximum atomic E-state index is 14.2. The molecular weight excluding hydrogens is 375 g/mol. The van der Waals surface area contributed by atoms with Crippen LogP contribution in [0.25, 0.3) is 0 Å². The fourth-order valence-corrected chi connectivity index (χ4v) is 5.21. The van der Waals surface area contributed by atoms with E-state index in [1.807, 2.05) is 0 Å². The van der Waals surface area contributed by atoms with Gasteiger partial charge in [0.15, 0.2) is 0 Å². The summed E-state index contributed by atoms with van der Waals surface area (Å²) < 4.78 is 40.7. The van der Waals surface area contributed by atoms with Crippen molar-refractivity contribution in [1.82, 2.24) is 9.21 Å². The second-order valence-electron chi connectivity index (χ2n) is 7.01. The van der Waals surface area contributed by atoms with Gasteiger partial charge in [-0.1, -0.05) is 19.3 Å². The van der Waals surface area contributed by atoms with Crippen molar-refractivity contribution in [2.24, 2.45) is 5.92 Å². The molecule has 1 saturated carbocycles. The van der Waals surface area contributed by atoms with Gasteiger partial charge in [0, 0.05) is 32.1 Å². The smallest absolute Gasteiger partial charge is 0.335 e. The normalized spacial score (nSPS) is 19.8. The summed E-state index contributed by atoms with van der Waals surface area (Å²) in [4.78, 5) is 24.6. The average molecular weight is 398 g/mol. The lowest BCUT2D eigenvalue weighted by Crippen LogP contribution is -2.52. The van der Waals surface area contributed by atoms with Crippen LogP contribution < -0.4 is 0 Å². The van der Waals surface area contributed by atoms with Crippen LogP contribution in [0.2, 0.25) is 0 Å². The highest BCUT2D eigenvalue weighted by Crippen LogP contribution is 2.27. The number of sulfonamides is 1. The third-order valence-corrected chi connectivity index (χ3v) is 7.23. The van der Waals surface area contributed by atoms with Crippen LogP contribution in [-0.4, -0.2) is 60.8 Å². The summed E-state index contributed by atoms with van der Waals surface area (Å²) in [6, 6.07) is 2.76. The molecule has 2 aliphatic rings. The number of benzene rings is 1. The van der Waals surface area contributed by atoms with E-state index < -0.39 is 26.7 Å². The molecule has 2 fully saturated rings. The van der Waals surface area contributed by atoms with Gasteiger partial charge in [-0.15, -0.1) is 0 Å². The molecule has 1 amide bonds. The van der Waals surface area contributed by atoms with Gasteiger partial charge in [0.25, 0.3) is 0 Å². The molecule has 9 heteroatoms. The molecule has 0 spiro atoms. The van der Waals surface area contributed by atoms with Crippen molar-refractivity contribution in [3.63, 3.8) is 0 Å². The monoisotopic (exact) mass is 398 g/mol. The van der Waals surface area contributed by atoms with Crippen molar-refractivity contribution in [2.75, 3.05) is 26.2 Å². The highest BCUT2D eigenvalue weighted by molar-refractivity contribution is 7.89. The summed E-state index contributed by atoms with van der Waals surface area (Å²) in [7, 11) is -4.08. The van der Waals surface area contributed by atoms with Crippen LogP contribution in [0, 0.1) is 11.7 Å². The van der Waals surface area contributed by atoms with E-state index >= 15 is 0 Å². The molecule has 1 aliphatic heterocycles. The van der Waals surface area contributed by atoms with Gasteiger partial charge in [0.2, 0.25) is 15.9 Å². The first-order valence-corrected chi connectivity index (χ1v) is 10.6. The van der Waals surface area contributed by atoms with Crippen molar-refractivity contribution in [2.45, 2.75) is 37.0 Å². The molecule has 1 saturated heterocycles. The van der Waals surface area contributed by atoms with E-state index in [4.69, 9.17) is 5.11 Å². The zero-order valence-electron chi connectivity index (χ0n) is 14.9. The van der Waals surface area contributed by atoms with Crippen LogP contribution in [0.5, 0.6) is 0 Å². The minimum Gasteiger partial charge on any atom is -0.478 e. The van der Waals surface area contributed by atoms with Crippen LogP contribution in [0.4, 0.5) is 4.39 Å². The van der Waals surface area contributed by atoms with E-state index in [0.29, 0.717) is 6.07 Å². The Labute approximate surface area is 157 Å². The first-order valence-electron chi connectivity index (χ1n) is 9.12. The Kier molecular flexibility index (Phi) is 5.81. The van der Waals surface area contributed by atoms with Crippen molar-refractivity contribution >= 4 is 21.9 Å². The van der Waals surface area contributed by atoms with Gasteiger partial charge >= 0.3 is 5.97 Å². The Bertz CT molecular complexity index is 828. The zero-order valence-corrected chi connectivity index (χ0v) is 15.8. The van der Waals surface area contributed by atoms with E-state index in [9.17, 15) is 22.4 Å². The van der Waals surface area contributed by atoms with E-state index in [1.165, 1.54) is 0 Å². The Hall–Kier alpha value is -2.00. The standard InChI is InChI=1S/C18H23FN2O5S/c19-15-12-14(18(23)24)6-7-16(15)27(25,26)21-10-8-20(9-11-21)17(22)13-4-2-1-3-5-13/h6-7,12-13H,1-5,8-11H2,(H,23,24). The summed E-state index contributed by atoms with van der Waals surface area (Å²) in [5.41, 5.74) is -0.311. The van der Waals surface area contributed by atoms with E-state index in [1.54, 1.807) is 4.90 Å². The fraction of sp³-hybridized carbons (Fsp3) is 0.556. The molecular formula is C18H23FN2O5S. The Morgan fingerprint density at radius 3 is 2.22 bits per heavy atom. The summed E-state index contributed by atoms with van der Waals surface area (Å²) in [6.45, 7) is 0.759. The largest absolute Gasteiger partial charge is 0.478 e. The second-order valence-corrected chi connectivity index (χ2v) is 8.92. The molecule has 148 valence electrons. The number of halogens is 1. The number of carboxylic acids is 1. The number of aromatic carboxylic acids is 1. The van der Waals surface area contributed by atoms with Crippen molar-refractivity contribution in [1.29, 1.82) is 0 Å². The van der Waals surface area contributed by atoms with Crippen LogP contribution in [0.1, 0.15) is 42.5 Å². The third kappa shape index (κ3) is 4.14. The van der Waals surface area contributed by atoms with Crippen LogP contribution in [0.15, 0.2) is 23.1 Å². The SMILES string of the molecule is O=C(O)c1ccc(S(=O)(=O)N2CCN(C(=O)C3CCCCC3)CC2)c(F)c1. The van der Waals surface area contributed by atoms with E-state index in [-0.39, 0.29) is 43.6 Å². The number of nitrogens with zero attached hydrogens (tertiary/aromatic N) is 2. The Morgan fingerprint density at radius 2 is 1.67 bits per heavy atom. The van der Waals surface area contributed by atoms with Crippen LogP contribution in [0.3, 0.4) is 0 Å². The first kappa shape index (κ1) is 19.8. The molecule has 1 aliphatic carbocycles. The highest BCUT2D eigenvalue weighted by Gasteiger charge is 2.34.